The lowest BCUT2D eigenvalue weighted by Gasteiger charge is -2.05. The molecular formula is C12H10ClN3O. The highest BCUT2D eigenvalue weighted by atomic mass is 35.5. The lowest BCUT2D eigenvalue weighted by atomic mass is 10.2. The van der Waals surface area contributed by atoms with Gasteiger partial charge in [0.25, 0.3) is 0 Å². The van der Waals surface area contributed by atoms with Crippen molar-refractivity contribution >= 4 is 17.9 Å². The van der Waals surface area contributed by atoms with Gasteiger partial charge in [-0.15, -0.1) is 0 Å². The molecule has 17 heavy (non-hydrogen) atoms. The summed E-state index contributed by atoms with van der Waals surface area (Å²) in [6, 6.07) is 7.32. The number of carbonyl (C=O) groups is 1. The van der Waals surface area contributed by atoms with Gasteiger partial charge in [-0.1, -0.05) is 17.7 Å². The molecular weight excluding hydrogens is 238 g/mol. The molecule has 4 nitrogen and oxygen atoms in total. The Morgan fingerprint density at radius 1 is 1.41 bits per heavy atom. The van der Waals surface area contributed by atoms with E-state index in [9.17, 15) is 4.79 Å². The van der Waals surface area contributed by atoms with Crippen LogP contribution in [0.25, 0.3) is 5.69 Å². The number of hydrogen-bond acceptors (Lipinski definition) is 3. The maximum Gasteiger partial charge on any atom is 0.168 e. The third-order valence-corrected chi connectivity index (χ3v) is 3.10. The highest BCUT2D eigenvalue weighted by Gasteiger charge is 2.21. The van der Waals surface area contributed by atoms with Crippen molar-refractivity contribution in [2.75, 3.05) is 0 Å². The smallest absolute Gasteiger partial charge is 0.168 e. The van der Waals surface area contributed by atoms with Crippen LogP contribution < -0.4 is 5.32 Å². The molecule has 0 amide bonds. The summed E-state index contributed by atoms with van der Waals surface area (Å²) in [6.07, 6.45) is 0.847. The van der Waals surface area contributed by atoms with Crippen molar-refractivity contribution in [3.63, 3.8) is 0 Å². The van der Waals surface area contributed by atoms with Gasteiger partial charge in [-0.2, -0.15) is 5.10 Å². The largest absolute Gasteiger partial charge is 0.307 e. The fourth-order valence-electron chi connectivity index (χ4n) is 2.08. The van der Waals surface area contributed by atoms with E-state index in [1.165, 1.54) is 0 Å². The van der Waals surface area contributed by atoms with E-state index in [2.05, 4.69) is 10.4 Å². The Morgan fingerprint density at radius 2 is 2.29 bits per heavy atom. The van der Waals surface area contributed by atoms with E-state index in [-0.39, 0.29) is 0 Å². The standard InChI is InChI=1S/C12H10ClN3O/c13-8-2-1-3-9(4-8)16-12(7-17)10-5-14-6-11(10)15-16/h1-4,7,14H,5-6H2. The maximum absolute atomic E-state index is 11.2. The first kappa shape index (κ1) is 10.5. The second-order valence-electron chi connectivity index (χ2n) is 3.92. The SMILES string of the molecule is O=Cc1c2c(nn1-c1cccc(Cl)c1)CNC2. The summed E-state index contributed by atoms with van der Waals surface area (Å²) in [4.78, 5) is 11.2. The normalized spacial score (nSPS) is 13.7. The van der Waals surface area contributed by atoms with Crippen molar-refractivity contribution in [1.82, 2.24) is 15.1 Å². The van der Waals surface area contributed by atoms with Crippen LogP contribution in [0.5, 0.6) is 0 Å². The Balaban J connectivity index is 2.18. The molecule has 86 valence electrons. The predicted octanol–water partition coefficient (Wildman–Crippen LogP) is 1.94. The van der Waals surface area contributed by atoms with Gasteiger partial charge in [0.05, 0.1) is 11.4 Å². The van der Waals surface area contributed by atoms with Gasteiger partial charge in [0.15, 0.2) is 6.29 Å². The van der Waals surface area contributed by atoms with E-state index in [4.69, 9.17) is 11.6 Å². The highest BCUT2D eigenvalue weighted by molar-refractivity contribution is 6.30. The summed E-state index contributed by atoms with van der Waals surface area (Å²) in [5, 5.41) is 8.24. The van der Waals surface area contributed by atoms with Crippen molar-refractivity contribution in [3.8, 4) is 5.69 Å². The topological polar surface area (TPSA) is 46.9 Å². The molecule has 0 saturated heterocycles. The van der Waals surface area contributed by atoms with Crippen molar-refractivity contribution < 1.29 is 4.79 Å². The summed E-state index contributed by atoms with van der Waals surface area (Å²) in [5.74, 6) is 0. The van der Waals surface area contributed by atoms with E-state index >= 15 is 0 Å². The zero-order valence-electron chi connectivity index (χ0n) is 8.98. The lowest BCUT2D eigenvalue weighted by Crippen LogP contribution is -2.09. The zero-order valence-corrected chi connectivity index (χ0v) is 9.74. The monoisotopic (exact) mass is 247 g/mol. The molecule has 0 unspecified atom stereocenters. The number of fused-ring (bicyclic) bond motifs is 1. The Kier molecular flexibility index (Phi) is 2.46. The second kappa shape index (κ2) is 3.98. The van der Waals surface area contributed by atoms with Gasteiger partial charge < -0.3 is 5.32 Å². The van der Waals surface area contributed by atoms with Gasteiger partial charge in [-0.25, -0.2) is 4.68 Å². The molecule has 2 heterocycles. The fourth-order valence-corrected chi connectivity index (χ4v) is 2.26. The summed E-state index contributed by atoms with van der Waals surface area (Å²) in [5.41, 5.74) is 3.34. The Hall–Kier alpha value is -1.65. The van der Waals surface area contributed by atoms with Crippen LogP contribution in [0, 0.1) is 0 Å². The minimum atomic E-state index is 0.604. The number of halogens is 1. The van der Waals surface area contributed by atoms with E-state index in [0.29, 0.717) is 23.8 Å². The van der Waals surface area contributed by atoms with Gasteiger partial charge in [-0.3, -0.25) is 4.79 Å². The Morgan fingerprint density at radius 3 is 3.06 bits per heavy atom. The summed E-state index contributed by atoms with van der Waals surface area (Å²) >= 11 is 5.94. The molecule has 1 aliphatic rings. The van der Waals surface area contributed by atoms with E-state index in [1.807, 2.05) is 12.1 Å². The molecule has 0 radical (unpaired) electrons. The van der Waals surface area contributed by atoms with Crippen molar-refractivity contribution in [1.29, 1.82) is 0 Å². The van der Waals surface area contributed by atoms with Gasteiger partial charge in [-0.05, 0) is 18.2 Å². The van der Waals surface area contributed by atoms with Crippen LogP contribution in [0.3, 0.4) is 0 Å². The van der Waals surface area contributed by atoms with Gasteiger partial charge in [0.1, 0.15) is 5.69 Å². The number of aldehydes is 1. The first-order valence-electron chi connectivity index (χ1n) is 5.32. The zero-order chi connectivity index (χ0) is 11.8. The highest BCUT2D eigenvalue weighted by Crippen LogP contribution is 2.22. The van der Waals surface area contributed by atoms with Crippen molar-refractivity contribution in [2.24, 2.45) is 0 Å². The fraction of sp³-hybridized carbons (Fsp3) is 0.167. The van der Waals surface area contributed by atoms with Crippen molar-refractivity contribution in [3.05, 3.63) is 46.2 Å². The first-order valence-corrected chi connectivity index (χ1v) is 5.70. The lowest BCUT2D eigenvalue weighted by molar-refractivity contribution is 0.111. The third kappa shape index (κ3) is 1.66. The average Bonchev–Trinajstić information content (AvgIpc) is 2.88. The minimum Gasteiger partial charge on any atom is -0.307 e. The minimum absolute atomic E-state index is 0.604. The molecule has 0 spiro atoms. The second-order valence-corrected chi connectivity index (χ2v) is 4.36. The average molecular weight is 248 g/mol. The van der Waals surface area contributed by atoms with Crippen LogP contribution in [0.4, 0.5) is 0 Å². The number of carbonyl (C=O) groups excluding carboxylic acids is 1. The van der Waals surface area contributed by atoms with Crippen LogP contribution in [0.2, 0.25) is 5.02 Å². The number of aromatic nitrogens is 2. The molecule has 3 rings (SSSR count). The summed E-state index contributed by atoms with van der Waals surface area (Å²) < 4.78 is 1.66. The predicted molar refractivity (Wildman–Crippen MR) is 64.5 cm³/mol. The van der Waals surface area contributed by atoms with Crippen LogP contribution in [-0.4, -0.2) is 16.1 Å². The number of benzene rings is 1. The van der Waals surface area contributed by atoms with Gasteiger partial charge in [0, 0.05) is 23.7 Å². The molecule has 2 aromatic rings. The first-order chi connectivity index (χ1) is 8.29. The van der Waals surface area contributed by atoms with Gasteiger partial charge >= 0.3 is 0 Å². The molecule has 5 heteroatoms. The number of hydrogen-bond donors (Lipinski definition) is 1. The third-order valence-electron chi connectivity index (χ3n) is 2.87. The number of rotatable bonds is 2. The molecule has 0 fully saturated rings. The molecule has 0 atom stereocenters. The molecule has 0 bridgehead atoms. The Bertz CT molecular complexity index is 591. The number of nitrogens with one attached hydrogen (secondary N) is 1. The van der Waals surface area contributed by atoms with Crippen LogP contribution in [0.15, 0.2) is 24.3 Å². The maximum atomic E-state index is 11.2. The number of nitrogens with zero attached hydrogens (tertiary/aromatic N) is 2. The summed E-state index contributed by atoms with van der Waals surface area (Å²) in [7, 11) is 0. The molecule has 1 aromatic heterocycles. The Labute approximate surface area is 103 Å². The quantitative estimate of drug-likeness (QED) is 0.825. The molecule has 1 aromatic carbocycles. The van der Waals surface area contributed by atoms with E-state index in [1.54, 1.807) is 16.8 Å². The summed E-state index contributed by atoms with van der Waals surface area (Å²) in [6.45, 7) is 1.41. The van der Waals surface area contributed by atoms with Crippen LogP contribution >= 0.6 is 11.6 Å². The van der Waals surface area contributed by atoms with E-state index in [0.717, 1.165) is 23.2 Å². The van der Waals surface area contributed by atoms with E-state index < -0.39 is 0 Å². The molecule has 0 saturated carbocycles. The molecule has 1 N–H and O–H groups in total. The van der Waals surface area contributed by atoms with Crippen molar-refractivity contribution in [2.45, 2.75) is 13.1 Å². The van der Waals surface area contributed by atoms with Crippen LogP contribution in [0.1, 0.15) is 21.7 Å². The molecule has 0 aliphatic carbocycles. The van der Waals surface area contributed by atoms with Gasteiger partial charge in [0.2, 0.25) is 0 Å². The molecule has 1 aliphatic heterocycles. The van der Waals surface area contributed by atoms with Crippen LogP contribution in [-0.2, 0) is 13.1 Å².